The molecule has 1 saturated carbocycles. The van der Waals surface area contributed by atoms with E-state index in [1.165, 1.54) is 6.08 Å². The second-order valence-electron chi connectivity index (χ2n) is 4.62. The normalized spacial score (nSPS) is 15.6. The third kappa shape index (κ3) is 4.75. The molecule has 1 aromatic rings. The maximum atomic E-state index is 11.7. The van der Waals surface area contributed by atoms with Gasteiger partial charge in [-0.25, -0.2) is 13.2 Å². The van der Waals surface area contributed by atoms with Crippen molar-refractivity contribution in [1.82, 2.24) is 0 Å². The van der Waals surface area contributed by atoms with E-state index < -0.39 is 16.0 Å². The first-order valence-electron chi connectivity index (χ1n) is 5.96. The molecule has 0 heterocycles. The summed E-state index contributed by atoms with van der Waals surface area (Å²) in [5.41, 5.74) is 1.20. The zero-order valence-corrected chi connectivity index (χ0v) is 11.1. The second kappa shape index (κ2) is 5.44. The first-order valence-corrected chi connectivity index (χ1v) is 7.61. The number of rotatable bonds is 6. The van der Waals surface area contributed by atoms with Crippen LogP contribution in [0.15, 0.2) is 30.3 Å². The van der Waals surface area contributed by atoms with E-state index in [9.17, 15) is 13.2 Å². The van der Waals surface area contributed by atoms with Gasteiger partial charge in [-0.2, -0.15) is 0 Å². The number of carboxylic acids is 1. The molecular formula is C13H15NO4S. The summed E-state index contributed by atoms with van der Waals surface area (Å²) in [4.78, 5) is 10.4. The Morgan fingerprint density at radius 3 is 2.47 bits per heavy atom. The van der Waals surface area contributed by atoms with Gasteiger partial charge in [0.25, 0.3) is 0 Å². The largest absolute Gasteiger partial charge is 0.478 e. The molecule has 0 aliphatic heterocycles. The molecule has 0 aromatic heterocycles. The molecule has 0 amide bonds. The second-order valence-corrected chi connectivity index (χ2v) is 6.39. The zero-order valence-electron chi connectivity index (χ0n) is 10.2. The molecule has 102 valence electrons. The Morgan fingerprint density at radius 2 is 1.95 bits per heavy atom. The first kappa shape index (κ1) is 13.6. The van der Waals surface area contributed by atoms with Crippen molar-refractivity contribution in [2.75, 3.05) is 10.5 Å². The lowest BCUT2D eigenvalue weighted by Crippen LogP contribution is -2.17. The fraction of sp³-hybridized carbons (Fsp3) is 0.308. The standard InChI is InChI=1S/C13H15NO4S/c15-13(16)8-5-10-3-6-12(7-4-10)14-19(17,18)9-11-1-2-11/h3-8,11,14H,1-2,9H2,(H,15,16). The maximum absolute atomic E-state index is 11.7. The van der Waals surface area contributed by atoms with Crippen LogP contribution < -0.4 is 4.72 Å². The van der Waals surface area contributed by atoms with Crippen molar-refractivity contribution in [3.8, 4) is 0 Å². The molecule has 1 aliphatic rings. The van der Waals surface area contributed by atoms with Gasteiger partial charge in [-0.3, -0.25) is 4.72 Å². The van der Waals surface area contributed by atoms with Gasteiger partial charge in [0.1, 0.15) is 0 Å². The van der Waals surface area contributed by atoms with E-state index in [1.807, 2.05) is 0 Å². The first-order chi connectivity index (χ1) is 8.94. The van der Waals surface area contributed by atoms with Crippen LogP contribution in [0.4, 0.5) is 5.69 Å². The SMILES string of the molecule is O=C(O)C=Cc1ccc(NS(=O)(=O)CC2CC2)cc1. The van der Waals surface area contributed by atoms with Crippen LogP contribution in [0.2, 0.25) is 0 Å². The van der Waals surface area contributed by atoms with Gasteiger partial charge in [-0.15, -0.1) is 0 Å². The summed E-state index contributed by atoms with van der Waals surface area (Å²) in [6, 6.07) is 6.56. The molecule has 0 radical (unpaired) electrons. The summed E-state index contributed by atoms with van der Waals surface area (Å²) in [6.07, 6.45) is 4.46. The van der Waals surface area contributed by atoms with Crippen molar-refractivity contribution >= 4 is 27.8 Å². The third-order valence-electron chi connectivity index (χ3n) is 2.75. The summed E-state index contributed by atoms with van der Waals surface area (Å²) in [6.45, 7) is 0. The number of benzene rings is 1. The van der Waals surface area contributed by atoms with Crippen molar-refractivity contribution in [2.24, 2.45) is 5.92 Å². The minimum Gasteiger partial charge on any atom is -0.478 e. The highest BCUT2D eigenvalue weighted by Crippen LogP contribution is 2.30. The summed E-state index contributed by atoms with van der Waals surface area (Å²) >= 11 is 0. The van der Waals surface area contributed by atoms with Gasteiger partial charge < -0.3 is 5.11 Å². The van der Waals surface area contributed by atoms with Crippen LogP contribution in [0.1, 0.15) is 18.4 Å². The number of anilines is 1. The fourth-order valence-corrected chi connectivity index (χ4v) is 3.18. The Labute approximate surface area is 112 Å². The molecule has 1 aliphatic carbocycles. The molecule has 6 heteroatoms. The Morgan fingerprint density at radius 1 is 1.32 bits per heavy atom. The minimum atomic E-state index is -3.27. The molecular weight excluding hydrogens is 266 g/mol. The van der Waals surface area contributed by atoms with Crippen LogP contribution in [0, 0.1) is 5.92 Å². The monoisotopic (exact) mass is 281 g/mol. The van der Waals surface area contributed by atoms with Gasteiger partial charge >= 0.3 is 5.97 Å². The number of carbonyl (C=O) groups is 1. The predicted molar refractivity (Wildman–Crippen MR) is 73.2 cm³/mol. The van der Waals surface area contributed by atoms with Crippen molar-refractivity contribution in [3.05, 3.63) is 35.9 Å². The van der Waals surface area contributed by atoms with Crippen LogP contribution in [-0.4, -0.2) is 25.2 Å². The van der Waals surface area contributed by atoms with E-state index in [4.69, 9.17) is 5.11 Å². The minimum absolute atomic E-state index is 0.174. The highest BCUT2D eigenvalue weighted by molar-refractivity contribution is 7.92. The Hall–Kier alpha value is -1.82. The number of nitrogens with one attached hydrogen (secondary N) is 1. The summed E-state index contributed by atoms with van der Waals surface area (Å²) in [7, 11) is -3.27. The number of aliphatic carboxylic acids is 1. The third-order valence-corrected chi connectivity index (χ3v) is 4.21. The van der Waals surface area contributed by atoms with Gasteiger partial charge in [0, 0.05) is 11.8 Å². The maximum Gasteiger partial charge on any atom is 0.328 e. The Kier molecular flexibility index (Phi) is 3.90. The predicted octanol–water partition coefficient (Wildman–Crippen LogP) is 1.94. The smallest absolute Gasteiger partial charge is 0.328 e. The lowest BCUT2D eigenvalue weighted by Gasteiger charge is -2.07. The van der Waals surface area contributed by atoms with Crippen molar-refractivity contribution in [1.29, 1.82) is 0 Å². The number of hydrogen-bond acceptors (Lipinski definition) is 3. The van der Waals surface area contributed by atoms with Gasteiger partial charge in [0.05, 0.1) is 5.75 Å². The van der Waals surface area contributed by atoms with E-state index in [-0.39, 0.29) is 5.75 Å². The molecule has 5 nitrogen and oxygen atoms in total. The highest BCUT2D eigenvalue weighted by Gasteiger charge is 2.27. The fourth-order valence-electron chi connectivity index (χ4n) is 1.65. The Bertz CT molecular complexity index is 586. The summed E-state index contributed by atoms with van der Waals surface area (Å²) < 4.78 is 26.0. The van der Waals surface area contributed by atoms with Crippen LogP contribution in [0.3, 0.4) is 0 Å². The molecule has 1 fully saturated rings. The van der Waals surface area contributed by atoms with E-state index in [0.29, 0.717) is 17.2 Å². The van der Waals surface area contributed by atoms with Gasteiger partial charge in [0.2, 0.25) is 10.0 Å². The average Bonchev–Trinajstić information content (AvgIpc) is 3.10. The van der Waals surface area contributed by atoms with Crippen molar-refractivity contribution < 1.29 is 18.3 Å². The Balaban J connectivity index is 1.99. The van der Waals surface area contributed by atoms with Crippen LogP contribution in [-0.2, 0) is 14.8 Å². The van der Waals surface area contributed by atoms with Crippen LogP contribution in [0.25, 0.3) is 6.08 Å². The van der Waals surface area contributed by atoms with Crippen LogP contribution >= 0.6 is 0 Å². The molecule has 0 bridgehead atoms. The summed E-state index contributed by atoms with van der Waals surface area (Å²) in [5, 5.41) is 8.49. The average molecular weight is 281 g/mol. The molecule has 19 heavy (non-hydrogen) atoms. The van der Waals surface area contributed by atoms with E-state index in [0.717, 1.165) is 18.9 Å². The zero-order chi connectivity index (χ0) is 13.9. The highest BCUT2D eigenvalue weighted by atomic mass is 32.2. The quantitative estimate of drug-likeness (QED) is 0.780. The summed E-state index contributed by atoms with van der Waals surface area (Å²) in [5.74, 6) is -0.544. The van der Waals surface area contributed by atoms with Crippen molar-refractivity contribution in [3.63, 3.8) is 0 Å². The van der Waals surface area contributed by atoms with Gasteiger partial charge in [-0.05, 0) is 42.5 Å². The van der Waals surface area contributed by atoms with E-state index in [2.05, 4.69) is 4.72 Å². The lowest BCUT2D eigenvalue weighted by molar-refractivity contribution is -0.131. The molecule has 0 saturated heterocycles. The number of sulfonamides is 1. The molecule has 2 rings (SSSR count). The number of carboxylic acid groups (broad SMARTS) is 1. The van der Waals surface area contributed by atoms with Crippen molar-refractivity contribution in [2.45, 2.75) is 12.8 Å². The van der Waals surface area contributed by atoms with Crippen LogP contribution in [0.5, 0.6) is 0 Å². The van der Waals surface area contributed by atoms with Gasteiger partial charge in [-0.1, -0.05) is 12.1 Å². The molecule has 2 N–H and O–H groups in total. The topological polar surface area (TPSA) is 83.5 Å². The lowest BCUT2D eigenvalue weighted by atomic mass is 10.2. The molecule has 0 unspecified atom stereocenters. The molecule has 0 atom stereocenters. The van der Waals surface area contributed by atoms with E-state index in [1.54, 1.807) is 24.3 Å². The molecule has 1 aromatic carbocycles. The molecule has 0 spiro atoms. The number of hydrogen-bond donors (Lipinski definition) is 2. The van der Waals surface area contributed by atoms with E-state index >= 15 is 0 Å². The van der Waals surface area contributed by atoms with Gasteiger partial charge in [0.15, 0.2) is 0 Å².